The standard InChI is InChI=1S/C24H13ClN2S/c25-24-26-20-13-15-6-2-1-5-14(15)11-19(20)23(27-24)16-9-10-22-18(12-16)17-7-3-4-8-21(17)28-22/h1-13H. The van der Waals surface area contributed by atoms with Gasteiger partial charge in [0.05, 0.1) is 11.2 Å². The molecule has 2 nitrogen and oxygen atoms in total. The average Bonchev–Trinajstić information content (AvgIpc) is 3.09. The Labute approximate surface area is 170 Å². The van der Waals surface area contributed by atoms with Gasteiger partial charge in [0.15, 0.2) is 0 Å². The van der Waals surface area contributed by atoms with Gasteiger partial charge in [0.2, 0.25) is 5.28 Å². The zero-order valence-electron chi connectivity index (χ0n) is 14.7. The fraction of sp³-hybridized carbons (Fsp3) is 0. The van der Waals surface area contributed by atoms with Gasteiger partial charge in [-0.05, 0) is 52.7 Å². The quantitative estimate of drug-likeness (QED) is 0.213. The highest BCUT2D eigenvalue weighted by molar-refractivity contribution is 7.25. The fourth-order valence-corrected chi connectivity index (χ4v) is 5.14. The van der Waals surface area contributed by atoms with Gasteiger partial charge in [0.25, 0.3) is 0 Å². The van der Waals surface area contributed by atoms with Crippen LogP contribution in [0.1, 0.15) is 0 Å². The van der Waals surface area contributed by atoms with Crippen LogP contribution in [0.3, 0.4) is 0 Å². The second-order valence-electron chi connectivity index (χ2n) is 6.87. The molecule has 0 bridgehead atoms. The maximum atomic E-state index is 6.30. The maximum absolute atomic E-state index is 6.30. The van der Waals surface area contributed by atoms with E-state index in [2.05, 4.69) is 76.7 Å². The summed E-state index contributed by atoms with van der Waals surface area (Å²) >= 11 is 8.11. The largest absolute Gasteiger partial charge is 0.223 e. The predicted octanol–water partition coefficient (Wildman–Crippen LogP) is 7.47. The molecule has 0 radical (unpaired) electrons. The summed E-state index contributed by atoms with van der Waals surface area (Å²) in [6, 6.07) is 27.6. The highest BCUT2D eigenvalue weighted by Crippen LogP contribution is 2.37. The topological polar surface area (TPSA) is 25.8 Å². The molecule has 0 saturated heterocycles. The van der Waals surface area contributed by atoms with Crippen molar-refractivity contribution in [2.75, 3.05) is 0 Å². The zero-order valence-corrected chi connectivity index (χ0v) is 16.3. The van der Waals surface area contributed by atoms with Crippen LogP contribution in [0.4, 0.5) is 0 Å². The number of aromatic nitrogens is 2. The van der Waals surface area contributed by atoms with E-state index < -0.39 is 0 Å². The molecule has 2 aromatic heterocycles. The minimum Gasteiger partial charge on any atom is -0.218 e. The third-order valence-electron chi connectivity index (χ3n) is 5.19. The molecule has 0 aliphatic heterocycles. The summed E-state index contributed by atoms with van der Waals surface area (Å²) in [4.78, 5) is 9.08. The third-order valence-corrected chi connectivity index (χ3v) is 6.51. The lowest BCUT2D eigenvalue weighted by Crippen LogP contribution is -1.92. The van der Waals surface area contributed by atoms with E-state index in [9.17, 15) is 0 Å². The first kappa shape index (κ1) is 16.0. The number of nitrogens with zero attached hydrogens (tertiary/aromatic N) is 2. The molecule has 0 aliphatic carbocycles. The van der Waals surface area contributed by atoms with Crippen LogP contribution in [0.5, 0.6) is 0 Å². The first-order valence-corrected chi connectivity index (χ1v) is 10.2. The SMILES string of the molecule is Clc1nc(-c2ccc3sc4ccccc4c3c2)c2cc3ccccc3cc2n1. The summed E-state index contributed by atoms with van der Waals surface area (Å²) in [6.07, 6.45) is 0. The Morgan fingerprint density at radius 3 is 2.29 bits per heavy atom. The van der Waals surface area contributed by atoms with Gasteiger partial charge >= 0.3 is 0 Å². The molecule has 0 aliphatic rings. The van der Waals surface area contributed by atoms with Gasteiger partial charge in [0, 0.05) is 31.1 Å². The number of halogens is 1. The van der Waals surface area contributed by atoms with Crippen molar-refractivity contribution >= 4 is 64.8 Å². The van der Waals surface area contributed by atoms with Crippen LogP contribution >= 0.6 is 22.9 Å². The molecular weight excluding hydrogens is 384 g/mol. The fourth-order valence-electron chi connectivity index (χ4n) is 3.88. The molecule has 0 atom stereocenters. The second kappa shape index (κ2) is 5.99. The van der Waals surface area contributed by atoms with Crippen molar-refractivity contribution in [3.05, 3.63) is 84.1 Å². The van der Waals surface area contributed by atoms with Crippen LogP contribution in [0, 0.1) is 0 Å². The lowest BCUT2D eigenvalue weighted by Gasteiger charge is -2.08. The van der Waals surface area contributed by atoms with Crippen molar-refractivity contribution in [3.63, 3.8) is 0 Å². The van der Waals surface area contributed by atoms with Crippen molar-refractivity contribution < 1.29 is 0 Å². The molecule has 132 valence electrons. The number of thiophene rings is 1. The van der Waals surface area contributed by atoms with Gasteiger partial charge in [-0.1, -0.05) is 48.5 Å². The molecule has 6 aromatic rings. The molecular formula is C24H13ClN2S. The van der Waals surface area contributed by atoms with Crippen molar-refractivity contribution in [3.8, 4) is 11.3 Å². The van der Waals surface area contributed by atoms with E-state index in [4.69, 9.17) is 11.6 Å². The highest BCUT2D eigenvalue weighted by Gasteiger charge is 2.13. The molecule has 0 fully saturated rings. The van der Waals surface area contributed by atoms with E-state index >= 15 is 0 Å². The van der Waals surface area contributed by atoms with Crippen molar-refractivity contribution in [2.24, 2.45) is 0 Å². The normalized spacial score (nSPS) is 11.8. The first-order chi connectivity index (χ1) is 13.8. The summed E-state index contributed by atoms with van der Waals surface area (Å²) in [5.74, 6) is 0. The van der Waals surface area contributed by atoms with Crippen molar-refractivity contribution in [1.82, 2.24) is 9.97 Å². The van der Waals surface area contributed by atoms with Crippen LogP contribution in [0.15, 0.2) is 78.9 Å². The Hall–Kier alpha value is -3.01. The molecule has 4 heteroatoms. The van der Waals surface area contributed by atoms with E-state index in [1.54, 1.807) is 0 Å². The third kappa shape index (κ3) is 2.40. The summed E-state index contributed by atoms with van der Waals surface area (Å²) < 4.78 is 2.58. The Morgan fingerprint density at radius 2 is 1.39 bits per heavy atom. The molecule has 28 heavy (non-hydrogen) atoms. The van der Waals surface area contributed by atoms with Crippen LogP contribution in [0.25, 0.3) is 53.1 Å². The van der Waals surface area contributed by atoms with E-state index in [0.29, 0.717) is 0 Å². The smallest absolute Gasteiger partial charge is 0.218 e. The lowest BCUT2D eigenvalue weighted by atomic mass is 10.0. The lowest BCUT2D eigenvalue weighted by molar-refractivity contribution is 1.23. The van der Waals surface area contributed by atoms with Gasteiger partial charge in [0.1, 0.15) is 0 Å². The number of fused-ring (bicyclic) bond motifs is 5. The molecule has 0 saturated carbocycles. The van der Waals surface area contributed by atoms with E-state index in [0.717, 1.165) is 27.5 Å². The van der Waals surface area contributed by atoms with E-state index in [1.807, 2.05) is 23.5 Å². The first-order valence-electron chi connectivity index (χ1n) is 9.04. The predicted molar refractivity (Wildman–Crippen MR) is 120 cm³/mol. The van der Waals surface area contributed by atoms with Gasteiger partial charge in [-0.3, -0.25) is 0 Å². The monoisotopic (exact) mass is 396 g/mol. The summed E-state index contributed by atoms with van der Waals surface area (Å²) in [7, 11) is 0. The molecule has 2 heterocycles. The average molecular weight is 397 g/mol. The molecule has 0 unspecified atom stereocenters. The van der Waals surface area contributed by atoms with E-state index in [-0.39, 0.29) is 5.28 Å². The van der Waals surface area contributed by atoms with Crippen molar-refractivity contribution in [1.29, 1.82) is 0 Å². The number of hydrogen-bond donors (Lipinski definition) is 0. The Balaban J connectivity index is 1.69. The summed E-state index contributed by atoms with van der Waals surface area (Å²) in [5.41, 5.74) is 2.79. The van der Waals surface area contributed by atoms with Gasteiger partial charge in [-0.2, -0.15) is 0 Å². The van der Waals surface area contributed by atoms with Crippen LogP contribution in [-0.2, 0) is 0 Å². The molecule has 4 aromatic carbocycles. The van der Waals surface area contributed by atoms with Crippen LogP contribution in [-0.4, -0.2) is 9.97 Å². The number of rotatable bonds is 1. The molecule has 6 rings (SSSR count). The van der Waals surface area contributed by atoms with Gasteiger partial charge in [-0.25, -0.2) is 9.97 Å². The summed E-state index contributed by atoms with van der Waals surface area (Å²) in [6.45, 7) is 0. The Kier molecular flexibility index (Phi) is 3.42. The molecule has 0 N–H and O–H groups in total. The zero-order chi connectivity index (χ0) is 18.7. The van der Waals surface area contributed by atoms with Gasteiger partial charge in [-0.15, -0.1) is 11.3 Å². The Morgan fingerprint density at radius 1 is 0.643 bits per heavy atom. The van der Waals surface area contributed by atoms with Crippen LogP contribution < -0.4 is 0 Å². The minimum atomic E-state index is 0.271. The number of benzene rings is 4. The molecule has 0 amide bonds. The minimum absolute atomic E-state index is 0.271. The highest BCUT2D eigenvalue weighted by atomic mass is 35.5. The van der Waals surface area contributed by atoms with E-state index in [1.165, 1.54) is 25.6 Å². The summed E-state index contributed by atoms with van der Waals surface area (Å²) in [5, 5.41) is 6.13. The second-order valence-corrected chi connectivity index (χ2v) is 8.29. The number of hydrogen-bond acceptors (Lipinski definition) is 3. The van der Waals surface area contributed by atoms with Gasteiger partial charge < -0.3 is 0 Å². The van der Waals surface area contributed by atoms with Crippen molar-refractivity contribution in [2.45, 2.75) is 0 Å². The Bertz CT molecular complexity index is 1530. The molecule has 0 spiro atoms. The maximum Gasteiger partial charge on any atom is 0.223 e. The van der Waals surface area contributed by atoms with Crippen LogP contribution in [0.2, 0.25) is 5.28 Å².